The summed E-state index contributed by atoms with van der Waals surface area (Å²) >= 11 is 0. The van der Waals surface area contributed by atoms with E-state index in [2.05, 4.69) is 65.7 Å². The molecule has 1 aromatic heterocycles. The van der Waals surface area contributed by atoms with Gasteiger partial charge in [0.15, 0.2) is 0 Å². The standard InChI is InChI=1S/C21H32N4/c1-18(2)21(17-25-14-7-12-23-25)22-16-20-10-6-13-24(20)15-11-19-8-4-3-5-9-19/h3-5,7-9,12,14,18,20-22H,6,10-11,13,15-17H2,1-2H3. The number of aromatic nitrogens is 2. The van der Waals surface area contributed by atoms with Crippen molar-refractivity contribution in [3.05, 3.63) is 54.4 Å². The fourth-order valence-corrected chi connectivity index (χ4v) is 3.75. The van der Waals surface area contributed by atoms with E-state index in [4.69, 9.17) is 0 Å². The highest BCUT2D eigenvalue weighted by atomic mass is 15.3. The molecule has 1 aliphatic heterocycles. The van der Waals surface area contributed by atoms with E-state index in [1.54, 1.807) is 0 Å². The van der Waals surface area contributed by atoms with E-state index >= 15 is 0 Å². The van der Waals surface area contributed by atoms with Crippen LogP contribution in [-0.2, 0) is 13.0 Å². The number of hydrogen-bond donors (Lipinski definition) is 1. The number of likely N-dealkylation sites (tertiary alicyclic amines) is 1. The van der Waals surface area contributed by atoms with Crippen LogP contribution in [0, 0.1) is 5.92 Å². The first kappa shape index (κ1) is 18.2. The first-order valence-corrected chi connectivity index (χ1v) is 9.71. The summed E-state index contributed by atoms with van der Waals surface area (Å²) in [5, 5.41) is 8.19. The van der Waals surface area contributed by atoms with E-state index in [1.165, 1.54) is 31.5 Å². The maximum absolute atomic E-state index is 4.36. The van der Waals surface area contributed by atoms with Gasteiger partial charge in [-0.15, -0.1) is 0 Å². The Balaban J connectivity index is 1.48. The van der Waals surface area contributed by atoms with E-state index in [1.807, 2.05) is 16.9 Å². The number of rotatable bonds is 9. The molecule has 4 nitrogen and oxygen atoms in total. The van der Waals surface area contributed by atoms with E-state index in [-0.39, 0.29) is 0 Å². The monoisotopic (exact) mass is 340 g/mol. The van der Waals surface area contributed by atoms with Crippen LogP contribution in [0.5, 0.6) is 0 Å². The van der Waals surface area contributed by atoms with Gasteiger partial charge < -0.3 is 5.32 Å². The predicted octanol–water partition coefficient (Wildman–Crippen LogP) is 3.20. The van der Waals surface area contributed by atoms with Crippen LogP contribution >= 0.6 is 0 Å². The highest BCUT2D eigenvalue weighted by molar-refractivity contribution is 5.15. The minimum atomic E-state index is 0.469. The normalized spacial score (nSPS) is 19.6. The van der Waals surface area contributed by atoms with Crippen LogP contribution in [0.25, 0.3) is 0 Å². The van der Waals surface area contributed by atoms with Gasteiger partial charge in [0.05, 0.1) is 6.54 Å². The molecule has 3 rings (SSSR count). The summed E-state index contributed by atoms with van der Waals surface area (Å²) in [5.74, 6) is 0.600. The lowest BCUT2D eigenvalue weighted by molar-refractivity contribution is 0.231. The Morgan fingerprint density at radius 1 is 1.20 bits per heavy atom. The zero-order valence-corrected chi connectivity index (χ0v) is 15.6. The minimum absolute atomic E-state index is 0.469. The predicted molar refractivity (Wildman–Crippen MR) is 104 cm³/mol. The SMILES string of the molecule is CC(C)C(Cn1cccn1)NCC1CCCN1CCc1ccccc1. The van der Waals surface area contributed by atoms with Gasteiger partial charge in [0, 0.05) is 37.6 Å². The van der Waals surface area contributed by atoms with E-state index < -0.39 is 0 Å². The molecule has 0 saturated carbocycles. The number of nitrogens with zero attached hydrogens (tertiary/aromatic N) is 3. The summed E-state index contributed by atoms with van der Waals surface area (Å²) < 4.78 is 2.04. The van der Waals surface area contributed by atoms with Gasteiger partial charge in [-0.25, -0.2) is 0 Å². The van der Waals surface area contributed by atoms with Crippen molar-refractivity contribution >= 4 is 0 Å². The van der Waals surface area contributed by atoms with Crippen LogP contribution in [0.4, 0.5) is 0 Å². The smallest absolute Gasteiger partial charge is 0.0565 e. The molecular formula is C21H32N4. The molecule has 2 atom stereocenters. The average molecular weight is 341 g/mol. The minimum Gasteiger partial charge on any atom is -0.310 e. The first-order valence-electron chi connectivity index (χ1n) is 9.71. The summed E-state index contributed by atoms with van der Waals surface area (Å²) in [4.78, 5) is 2.67. The van der Waals surface area contributed by atoms with Crippen molar-refractivity contribution in [1.82, 2.24) is 20.0 Å². The number of hydrogen-bond acceptors (Lipinski definition) is 3. The van der Waals surface area contributed by atoms with Crippen LogP contribution in [0.15, 0.2) is 48.8 Å². The van der Waals surface area contributed by atoms with E-state index in [9.17, 15) is 0 Å². The Bertz CT molecular complexity index is 594. The topological polar surface area (TPSA) is 33.1 Å². The van der Waals surface area contributed by atoms with Gasteiger partial charge in [0.25, 0.3) is 0 Å². The zero-order valence-electron chi connectivity index (χ0n) is 15.6. The lowest BCUT2D eigenvalue weighted by Crippen LogP contribution is -2.45. The molecule has 1 saturated heterocycles. The number of benzene rings is 1. The van der Waals surface area contributed by atoms with Crippen LogP contribution in [0.3, 0.4) is 0 Å². The first-order chi connectivity index (χ1) is 12.2. The fourth-order valence-electron chi connectivity index (χ4n) is 3.75. The second-order valence-electron chi connectivity index (χ2n) is 7.55. The van der Waals surface area contributed by atoms with Crippen molar-refractivity contribution in [1.29, 1.82) is 0 Å². The van der Waals surface area contributed by atoms with Crippen molar-refractivity contribution in [3.8, 4) is 0 Å². The molecule has 4 heteroatoms. The summed E-state index contributed by atoms with van der Waals surface area (Å²) in [7, 11) is 0. The fraction of sp³-hybridized carbons (Fsp3) is 0.571. The van der Waals surface area contributed by atoms with E-state index in [0.29, 0.717) is 18.0 Å². The molecule has 0 spiro atoms. The molecule has 1 N–H and O–H groups in total. The lowest BCUT2D eigenvalue weighted by atomic mass is 10.0. The van der Waals surface area contributed by atoms with Gasteiger partial charge >= 0.3 is 0 Å². The molecule has 1 fully saturated rings. The summed E-state index contributed by atoms with van der Waals surface area (Å²) in [5.41, 5.74) is 1.44. The molecule has 25 heavy (non-hydrogen) atoms. The van der Waals surface area contributed by atoms with Gasteiger partial charge in [0.2, 0.25) is 0 Å². The molecule has 2 heterocycles. The summed E-state index contributed by atoms with van der Waals surface area (Å²) in [6.07, 6.45) is 7.71. The Hall–Kier alpha value is -1.65. The molecule has 0 amide bonds. The summed E-state index contributed by atoms with van der Waals surface area (Å²) in [6, 6.07) is 14.0. The van der Waals surface area contributed by atoms with Crippen LogP contribution < -0.4 is 5.32 Å². The van der Waals surface area contributed by atoms with Gasteiger partial charge in [0.1, 0.15) is 0 Å². The molecule has 1 aliphatic rings. The average Bonchev–Trinajstić information content (AvgIpc) is 3.29. The van der Waals surface area contributed by atoms with Gasteiger partial charge in [-0.1, -0.05) is 44.2 Å². The molecule has 2 aromatic rings. The molecule has 0 radical (unpaired) electrons. The largest absolute Gasteiger partial charge is 0.310 e. The lowest BCUT2D eigenvalue weighted by Gasteiger charge is -2.29. The van der Waals surface area contributed by atoms with Crippen molar-refractivity contribution in [2.24, 2.45) is 5.92 Å². The third-order valence-corrected chi connectivity index (χ3v) is 5.39. The Kier molecular flexibility index (Phi) is 6.65. The van der Waals surface area contributed by atoms with Crippen molar-refractivity contribution < 1.29 is 0 Å². The second kappa shape index (κ2) is 9.16. The van der Waals surface area contributed by atoms with Crippen LogP contribution in [-0.4, -0.2) is 46.4 Å². The molecular weight excluding hydrogens is 308 g/mol. The molecule has 136 valence electrons. The second-order valence-corrected chi connectivity index (χ2v) is 7.55. The van der Waals surface area contributed by atoms with E-state index in [0.717, 1.165) is 19.5 Å². The maximum Gasteiger partial charge on any atom is 0.0565 e. The van der Waals surface area contributed by atoms with Crippen LogP contribution in [0.2, 0.25) is 0 Å². The van der Waals surface area contributed by atoms with Crippen molar-refractivity contribution in [3.63, 3.8) is 0 Å². The molecule has 2 unspecified atom stereocenters. The maximum atomic E-state index is 4.36. The Morgan fingerprint density at radius 3 is 2.76 bits per heavy atom. The third-order valence-electron chi connectivity index (χ3n) is 5.39. The summed E-state index contributed by atoms with van der Waals surface area (Å²) in [6.45, 7) is 9.03. The highest BCUT2D eigenvalue weighted by Gasteiger charge is 2.25. The van der Waals surface area contributed by atoms with Crippen molar-refractivity contribution in [2.45, 2.75) is 51.7 Å². The molecule has 1 aromatic carbocycles. The number of nitrogens with one attached hydrogen (secondary N) is 1. The highest BCUT2D eigenvalue weighted by Crippen LogP contribution is 2.18. The van der Waals surface area contributed by atoms with Crippen molar-refractivity contribution in [2.75, 3.05) is 19.6 Å². The van der Waals surface area contributed by atoms with Gasteiger partial charge in [-0.05, 0) is 43.4 Å². The Morgan fingerprint density at radius 2 is 2.04 bits per heavy atom. The van der Waals surface area contributed by atoms with Gasteiger partial charge in [-0.3, -0.25) is 9.58 Å². The molecule has 0 aliphatic carbocycles. The molecule has 0 bridgehead atoms. The zero-order chi connectivity index (χ0) is 17.5. The quantitative estimate of drug-likeness (QED) is 0.761. The van der Waals surface area contributed by atoms with Gasteiger partial charge in [-0.2, -0.15) is 5.10 Å². The Labute approximate surface area is 152 Å². The third kappa shape index (κ3) is 5.41. The van der Waals surface area contributed by atoms with Crippen LogP contribution in [0.1, 0.15) is 32.3 Å².